The number of guanidine groups is 1. The quantitative estimate of drug-likeness (QED) is 0.431. The van der Waals surface area contributed by atoms with Gasteiger partial charge >= 0.3 is 0 Å². The van der Waals surface area contributed by atoms with Crippen molar-refractivity contribution < 1.29 is 0 Å². The second-order valence-electron chi connectivity index (χ2n) is 5.01. The van der Waals surface area contributed by atoms with E-state index in [0.29, 0.717) is 12.1 Å². The highest BCUT2D eigenvalue weighted by atomic mass is 127. The van der Waals surface area contributed by atoms with Gasteiger partial charge < -0.3 is 15.5 Å². The molecule has 1 heterocycles. The lowest BCUT2D eigenvalue weighted by Gasteiger charge is -2.22. The molecule has 1 aromatic rings. The Labute approximate surface area is 144 Å². The maximum atomic E-state index is 4.69. The molecule has 0 aliphatic rings. The molecule has 20 heavy (non-hydrogen) atoms. The Balaban J connectivity index is 0.00000361. The molecule has 0 spiro atoms. The molecular weight excluding hydrogens is 383 g/mol. The van der Waals surface area contributed by atoms with Crippen LogP contribution in [0.2, 0.25) is 0 Å². The Bertz CT molecular complexity index is 377. The Morgan fingerprint density at radius 1 is 1.40 bits per heavy atom. The van der Waals surface area contributed by atoms with Crippen molar-refractivity contribution in [1.29, 1.82) is 0 Å². The monoisotopic (exact) mass is 410 g/mol. The van der Waals surface area contributed by atoms with Gasteiger partial charge in [0.15, 0.2) is 5.96 Å². The van der Waals surface area contributed by atoms with E-state index < -0.39 is 0 Å². The van der Waals surface area contributed by atoms with Crippen molar-refractivity contribution in [2.75, 3.05) is 27.2 Å². The van der Waals surface area contributed by atoms with E-state index in [9.17, 15) is 0 Å². The number of rotatable bonds is 6. The highest BCUT2D eigenvalue weighted by Gasteiger charge is 2.14. The van der Waals surface area contributed by atoms with Crippen LogP contribution in [0.1, 0.15) is 31.7 Å². The van der Waals surface area contributed by atoms with Crippen LogP contribution in [0.25, 0.3) is 0 Å². The number of hydrogen-bond acceptors (Lipinski definition) is 3. The van der Waals surface area contributed by atoms with Crippen molar-refractivity contribution in [2.24, 2.45) is 4.99 Å². The number of thiophene rings is 1. The molecule has 4 nitrogen and oxygen atoms in total. The zero-order valence-electron chi connectivity index (χ0n) is 13.0. The Morgan fingerprint density at radius 2 is 2.10 bits per heavy atom. The molecule has 1 rings (SSSR count). The molecule has 0 amide bonds. The van der Waals surface area contributed by atoms with Crippen LogP contribution in [0.15, 0.2) is 22.5 Å². The van der Waals surface area contributed by atoms with E-state index in [1.54, 1.807) is 11.3 Å². The molecule has 0 aromatic carbocycles. The van der Waals surface area contributed by atoms with Crippen LogP contribution in [0, 0.1) is 0 Å². The van der Waals surface area contributed by atoms with Crippen LogP contribution in [0.4, 0.5) is 0 Å². The van der Waals surface area contributed by atoms with E-state index in [2.05, 4.69) is 67.9 Å². The lowest BCUT2D eigenvalue weighted by Crippen LogP contribution is -2.41. The third-order valence-electron chi connectivity index (χ3n) is 2.69. The lowest BCUT2D eigenvalue weighted by atomic mass is 10.2. The minimum atomic E-state index is 0. The molecule has 116 valence electrons. The lowest BCUT2D eigenvalue weighted by molar-refractivity contribution is 0.310. The first-order valence-electron chi connectivity index (χ1n) is 6.79. The predicted octanol–water partition coefficient (Wildman–Crippen LogP) is 2.93. The van der Waals surface area contributed by atoms with E-state index in [1.807, 2.05) is 0 Å². The summed E-state index contributed by atoms with van der Waals surface area (Å²) in [5, 5.41) is 8.74. The molecule has 6 heteroatoms. The topological polar surface area (TPSA) is 39.7 Å². The first-order chi connectivity index (χ1) is 9.04. The molecule has 0 saturated carbocycles. The van der Waals surface area contributed by atoms with Crippen molar-refractivity contribution in [2.45, 2.75) is 32.9 Å². The summed E-state index contributed by atoms with van der Waals surface area (Å²) in [6.07, 6.45) is 0. The number of halogens is 1. The summed E-state index contributed by atoms with van der Waals surface area (Å²) in [5.41, 5.74) is 0. The normalized spacial score (nSPS) is 13.2. The largest absolute Gasteiger partial charge is 0.357 e. The Hall–Kier alpha value is -0.340. The molecular formula is C14H27IN4S. The van der Waals surface area contributed by atoms with Crippen LogP contribution in [0.3, 0.4) is 0 Å². The number of likely N-dealkylation sites (N-methyl/N-ethyl adjacent to an activating group) is 1. The van der Waals surface area contributed by atoms with Gasteiger partial charge in [0.25, 0.3) is 0 Å². The summed E-state index contributed by atoms with van der Waals surface area (Å²) >= 11 is 1.79. The van der Waals surface area contributed by atoms with E-state index >= 15 is 0 Å². The Kier molecular flexibility index (Phi) is 10.2. The van der Waals surface area contributed by atoms with Crippen LogP contribution in [-0.2, 0) is 0 Å². The van der Waals surface area contributed by atoms with Crippen molar-refractivity contribution in [3.05, 3.63) is 22.4 Å². The number of aliphatic imine (C=N–C) groups is 1. The fourth-order valence-corrected chi connectivity index (χ4v) is 2.67. The fraction of sp³-hybridized carbons (Fsp3) is 0.643. The van der Waals surface area contributed by atoms with Crippen molar-refractivity contribution in [3.8, 4) is 0 Å². The average Bonchev–Trinajstić information content (AvgIpc) is 2.81. The number of nitrogens with zero attached hydrogens (tertiary/aromatic N) is 2. The molecule has 0 fully saturated rings. The highest BCUT2D eigenvalue weighted by molar-refractivity contribution is 14.0. The summed E-state index contributed by atoms with van der Waals surface area (Å²) in [5.74, 6) is 0.890. The van der Waals surface area contributed by atoms with E-state index in [-0.39, 0.29) is 24.0 Å². The van der Waals surface area contributed by atoms with Crippen molar-refractivity contribution >= 4 is 41.3 Å². The van der Waals surface area contributed by atoms with Gasteiger partial charge in [0.1, 0.15) is 0 Å². The predicted molar refractivity (Wildman–Crippen MR) is 100 cm³/mol. The van der Waals surface area contributed by atoms with Gasteiger partial charge in [-0.15, -0.1) is 35.3 Å². The molecule has 0 aliphatic carbocycles. The van der Waals surface area contributed by atoms with Gasteiger partial charge in [0.05, 0.1) is 12.6 Å². The molecule has 0 aliphatic heterocycles. The maximum Gasteiger partial charge on any atom is 0.191 e. The summed E-state index contributed by atoms with van der Waals surface area (Å²) in [6.45, 7) is 7.96. The molecule has 1 aromatic heterocycles. The van der Waals surface area contributed by atoms with Crippen LogP contribution < -0.4 is 10.6 Å². The molecule has 2 N–H and O–H groups in total. The van der Waals surface area contributed by atoms with E-state index in [0.717, 1.165) is 19.0 Å². The SMILES string of the molecule is CCNC(=NCC(c1cccs1)N(C)C)NC(C)C.I. The molecule has 1 unspecified atom stereocenters. The molecule has 0 saturated heterocycles. The van der Waals surface area contributed by atoms with Crippen LogP contribution >= 0.6 is 35.3 Å². The summed E-state index contributed by atoms with van der Waals surface area (Å²) in [4.78, 5) is 8.26. The Morgan fingerprint density at radius 3 is 2.55 bits per heavy atom. The van der Waals surface area contributed by atoms with Crippen molar-refractivity contribution in [1.82, 2.24) is 15.5 Å². The van der Waals surface area contributed by atoms with Gasteiger partial charge in [-0.2, -0.15) is 0 Å². The second-order valence-corrected chi connectivity index (χ2v) is 5.99. The summed E-state index contributed by atoms with van der Waals surface area (Å²) < 4.78 is 0. The van der Waals surface area contributed by atoms with Gasteiger partial charge in [-0.05, 0) is 46.3 Å². The van der Waals surface area contributed by atoms with Gasteiger partial charge in [0.2, 0.25) is 0 Å². The highest BCUT2D eigenvalue weighted by Crippen LogP contribution is 2.23. The first kappa shape index (κ1) is 19.7. The van der Waals surface area contributed by atoms with Gasteiger partial charge in [-0.1, -0.05) is 6.07 Å². The summed E-state index contributed by atoms with van der Waals surface area (Å²) in [6, 6.07) is 4.99. The van der Waals surface area contributed by atoms with E-state index in [4.69, 9.17) is 4.99 Å². The smallest absolute Gasteiger partial charge is 0.191 e. The third kappa shape index (κ3) is 6.90. The average molecular weight is 410 g/mol. The molecule has 0 bridgehead atoms. The minimum Gasteiger partial charge on any atom is -0.357 e. The second kappa shape index (κ2) is 10.4. The number of hydrogen-bond donors (Lipinski definition) is 2. The molecule has 1 atom stereocenters. The van der Waals surface area contributed by atoms with Gasteiger partial charge in [0, 0.05) is 17.5 Å². The summed E-state index contributed by atoms with van der Waals surface area (Å²) in [7, 11) is 4.20. The maximum absolute atomic E-state index is 4.69. The number of nitrogens with one attached hydrogen (secondary N) is 2. The van der Waals surface area contributed by atoms with Gasteiger partial charge in [-0.3, -0.25) is 4.99 Å². The fourth-order valence-electron chi connectivity index (χ4n) is 1.76. The van der Waals surface area contributed by atoms with E-state index in [1.165, 1.54) is 4.88 Å². The zero-order chi connectivity index (χ0) is 14.3. The van der Waals surface area contributed by atoms with Gasteiger partial charge in [-0.25, -0.2) is 0 Å². The van der Waals surface area contributed by atoms with Crippen molar-refractivity contribution in [3.63, 3.8) is 0 Å². The minimum absolute atomic E-state index is 0. The zero-order valence-corrected chi connectivity index (χ0v) is 16.2. The van der Waals surface area contributed by atoms with Crippen LogP contribution in [0.5, 0.6) is 0 Å². The first-order valence-corrected chi connectivity index (χ1v) is 7.67. The van der Waals surface area contributed by atoms with Crippen LogP contribution in [-0.4, -0.2) is 44.1 Å². The third-order valence-corrected chi connectivity index (χ3v) is 3.66. The standard InChI is InChI=1S/C14H26N4S.HI/c1-6-15-14(17-11(2)3)16-10-12(18(4)5)13-8-7-9-19-13;/h7-9,11-12H,6,10H2,1-5H3,(H2,15,16,17);1H. The molecule has 0 radical (unpaired) electrons.